The number of hydrogen-bond acceptors (Lipinski definition) is 5. The Morgan fingerprint density at radius 2 is 2.62 bits per heavy atom. The summed E-state index contributed by atoms with van der Waals surface area (Å²) in [5.74, 6) is 0.579. The largest absolute Gasteiger partial charge is 0.381 e. The smallest absolute Gasteiger partial charge is 0.107 e. The lowest BCUT2D eigenvalue weighted by Crippen LogP contribution is -2.09. The van der Waals surface area contributed by atoms with E-state index >= 15 is 0 Å². The highest BCUT2D eigenvalue weighted by atomic mass is 32.1. The van der Waals surface area contributed by atoms with E-state index in [4.69, 9.17) is 9.47 Å². The molecular formula is C11H18N2O2S. The molecule has 0 aromatic carbocycles. The van der Waals surface area contributed by atoms with Gasteiger partial charge in [0.2, 0.25) is 0 Å². The predicted octanol–water partition coefficient (Wildman–Crippen LogP) is 1.42. The van der Waals surface area contributed by atoms with Gasteiger partial charge in [-0.1, -0.05) is 0 Å². The van der Waals surface area contributed by atoms with Gasteiger partial charge in [0, 0.05) is 24.4 Å². The number of aromatic nitrogens is 1. The Morgan fingerprint density at radius 3 is 3.38 bits per heavy atom. The van der Waals surface area contributed by atoms with Crippen LogP contribution < -0.4 is 5.32 Å². The van der Waals surface area contributed by atoms with Crippen molar-refractivity contribution in [2.45, 2.75) is 19.6 Å². The number of thiazole rings is 1. The Balaban J connectivity index is 1.67. The van der Waals surface area contributed by atoms with Crippen molar-refractivity contribution in [2.24, 2.45) is 5.92 Å². The normalized spacial score (nSPS) is 20.4. The zero-order valence-electron chi connectivity index (χ0n) is 9.57. The van der Waals surface area contributed by atoms with Crippen LogP contribution in [0.3, 0.4) is 0 Å². The topological polar surface area (TPSA) is 43.4 Å². The molecular weight excluding hydrogens is 224 g/mol. The van der Waals surface area contributed by atoms with Crippen molar-refractivity contribution in [1.82, 2.24) is 10.3 Å². The van der Waals surface area contributed by atoms with E-state index in [1.54, 1.807) is 11.3 Å². The van der Waals surface area contributed by atoms with Crippen LogP contribution in [-0.4, -0.2) is 31.9 Å². The van der Waals surface area contributed by atoms with Crippen molar-refractivity contribution >= 4 is 11.3 Å². The van der Waals surface area contributed by atoms with Crippen LogP contribution in [0.1, 0.15) is 17.1 Å². The van der Waals surface area contributed by atoms with Crippen molar-refractivity contribution in [3.8, 4) is 0 Å². The summed E-state index contributed by atoms with van der Waals surface area (Å²) in [6.45, 7) is 3.98. The lowest BCUT2D eigenvalue weighted by atomic mass is 10.1. The predicted molar refractivity (Wildman–Crippen MR) is 63.5 cm³/mol. The van der Waals surface area contributed by atoms with E-state index in [9.17, 15) is 0 Å². The maximum atomic E-state index is 5.64. The van der Waals surface area contributed by atoms with E-state index in [2.05, 4.69) is 15.7 Å². The second kappa shape index (κ2) is 6.30. The zero-order chi connectivity index (χ0) is 11.2. The first-order valence-corrected chi connectivity index (χ1v) is 6.50. The van der Waals surface area contributed by atoms with E-state index < -0.39 is 0 Å². The SMILES string of the molecule is CNCc1nc(COCC2CCOC2)cs1. The monoisotopic (exact) mass is 242 g/mol. The minimum absolute atomic E-state index is 0.579. The molecule has 1 fully saturated rings. The summed E-state index contributed by atoms with van der Waals surface area (Å²) < 4.78 is 10.9. The van der Waals surface area contributed by atoms with Gasteiger partial charge in [-0.2, -0.15) is 0 Å². The van der Waals surface area contributed by atoms with Gasteiger partial charge in [0.1, 0.15) is 5.01 Å². The molecule has 0 radical (unpaired) electrons. The molecule has 2 heterocycles. The zero-order valence-corrected chi connectivity index (χ0v) is 10.4. The van der Waals surface area contributed by atoms with Gasteiger partial charge in [0.15, 0.2) is 0 Å². The highest BCUT2D eigenvalue weighted by Crippen LogP contribution is 2.14. The number of hydrogen-bond donors (Lipinski definition) is 1. The molecule has 1 aromatic heterocycles. The fraction of sp³-hybridized carbons (Fsp3) is 0.727. The molecule has 0 spiro atoms. The summed E-state index contributed by atoms with van der Waals surface area (Å²) in [5.41, 5.74) is 1.04. The highest BCUT2D eigenvalue weighted by molar-refractivity contribution is 7.09. The summed E-state index contributed by atoms with van der Waals surface area (Å²) in [6.07, 6.45) is 1.13. The van der Waals surface area contributed by atoms with Gasteiger partial charge in [-0.25, -0.2) is 4.98 Å². The van der Waals surface area contributed by atoms with Crippen molar-refractivity contribution in [3.63, 3.8) is 0 Å². The fourth-order valence-electron chi connectivity index (χ4n) is 1.69. The third-order valence-corrected chi connectivity index (χ3v) is 3.45. The first-order chi connectivity index (χ1) is 7.88. The Bertz CT molecular complexity index is 311. The second-order valence-electron chi connectivity index (χ2n) is 4.01. The van der Waals surface area contributed by atoms with Crippen LogP contribution in [0.25, 0.3) is 0 Å². The molecule has 1 aromatic rings. The van der Waals surface area contributed by atoms with E-state index in [0.29, 0.717) is 12.5 Å². The molecule has 1 aliphatic rings. The Kier molecular flexibility index (Phi) is 4.71. The van der Waals surface area contributed by atoms with Crippen molar-refractivity contribution < 1.29 is 9.47 Å². The summed E-state index contributed by atoms with van der Waals surface area (Å²) in [4.78, 5) is 4.46. The average Bonchev–Trinajstić information content (AvgIpc) is 2.90. The molecule has 1 aliphatic heterocycles. The molecule has 1 saturated heterocycles. The molecule has 1 N–H and O–H groups in total. The molecule has 2 rings (SSSR count). The molecule has 5 heteroatoms. The summed E-state index contributed by atoms with van der Waals surface area (Å²) in [7, 11) is 1.93. The lowest BCUT2D eigenvalue weighted by molar-refractivity contribution is 0.0775. The molecule has 0 saturated carbocycles. The number of rotatable bonds is 6. The Morgan fingerprint density at radius 1 is 1.69 bits per heavy atom. The number of nitrogens with zero attached hydrogens (tertiary/aromatic N) is 1. The molecule has 90 valence electrons. The van der Waals surface area contributed by atoms with Crippen LogP contribution in [0.5, 0.6) is 0 Å². The highest BCUT2D eigenvalue weighted by Gasteiger charge is 2.15. The van der Waals surface area contributed by atoms with Crippen molar-refractivity contribution in [1.29, 1.82) is 0 Å². The van der Waals surface area contributed by atoms with Crippen LogP contribution in [0.4, 0.5) is 0 Å². The molecule has 0 bridgehead atoms. The van der Waals surface area contributed by atoms with Crippen LogP contribution in [0.2, 0.25) is 0 Å². The third-order valence-electron chi connectivity index (χ3n) is 2.55. The quantitative estimate of drug-likeness (QED) is 0.819. The van der Waals surface area contributed by atoms with Gasteiger partial charge in [-0.15, -0.1) is 11.3 Å². The van der Waals surface area contributed by atoms with Gasteiger partial charge >= 0.3 is 0 Å². The first-order valence-electron chi connectivity index (χ1n) is 5.62. The second-order valence-corrected chi connectivity index (χ2v) is 4.95. The maximum Gasteiger partial charge on any atom is 0.107 e. The van der Waals surface area contributed by atoms with Gasteiger partial charge in [0.05, 0.1) is 25.5 Å². The van der Waals surface area contributed by atoms with Gasteiger partial charge < -0.3 is 14.8 Å². The first kappa shape index (κ1) is 12.0. The van der Waals surface area contributed by atoms with Crippen LogP contribution in [0.15, 0.2) is 5.38 Å². The maximum absolute atomic E-state index is 5.64. The fourth-order valence-corrected chi connectivity index (χ4v) is 2.48. The van der Waals surface area contributed by atoms with E-state index in [1.807, 2.05) is 7.05 Å². The minimum atomic E-state index is 0.579. The van der Waals surface area contributed by atoms with Gasteiger partial charge in [0.25, 0.3) is 0 Å². The van der Waals surface area contributed by atoms with Gasteiger partial charge in [-0.3, -0.25) is 0 Å². The van der Waals surface area contributed by atoms with E-state index in [0.717, 1.165) is 43.5 Å². The van der Waals surface area contributed by atoms with E-state index in [-0.39, 0.29) is 0 Å². The number of ether oxygens (including phenoxy) is 2. The van der Waals surface area contributed by atoms with Crippen LogP contribution in [0, 0.1) is 5.92 Å². The Hall–Kier alpha value is -0.490. The summed E-state index contributed by atoms with van der Waals surface area (Å²) in [5, 5.41) is 6.27. The van der Waals surface area contributed by atoms with Crippen molar-refractivity contribution in [3.05, 3.63) is 16.1 Å². The van der Waals surface area contributed by atoms with Gasteiger partial charge in [-0.05, 0) is 13.5 Å². The van der Waals surface area contributed by atoms with Crippen LogP contribution in [-0.2, 0) is 22.6 Å². The van der Waals surface area contributed by atoms with E-state index in [1.165, 1.54) is 0 Å². The molecule has 4 nitrogen and oxygen atoms in total. The number of nitrogens with one attached hydrogen (secondary N) is 1. The molecule has 1 unspecified atom stereocenters. The summed E-state index contributed by atoms with van der Waals surface area (Å²) in [6, 6.07) is 0. The molecule has 0 aliphatic carbocycles. The standard InChI is InChI=1S/C11H18N2O2S/c1-12-4-11-13-10(8-16-11)7-15-6-9-2-3-14-5-9/h8-9,12H,2-7H2,1H3. The lowest BCUT2D eigenvalue weighted by Gasteiger charge is -2.06. The van der Waals surface area contributed by atoms with Crippen LogP contribution >= 0.6 is 11.3 Å². The molecule has 1 atom stereocenters. The molecule has 0 amide bonds. The third kappa shape index (κ3) is 3.52. The summed E-state index contributed by atoms with van der Waals surface area (Å²) >= 11 is 1.68. The minimum Gasteiger partial charge on any atom is -0.381 e. The average molecular weight is 242 g/mol. The molecule has 16 heavy (non-hydrogen) atoms. The van der Waals surface area contributed by atoms with Crippen molar-refractivity contribution in [2.75, 3.05) is 26.9 Å². The Labute approximate surface area is 100.0 Å².